The Hall–Kier alpha value is -3.07. The van der Waals surface area contributed by atoms with E-state index < -0.39 is 17.5 Å². The van der Waals surface area contributed by atoms with Crippen LogP contribution in [0.3, 0.4) is 0 Å². The monoisotopic (exact) mass is 519 g/mol. The van der Waals surface area contributed by atoms with E-state index >= 15 is 0 Å². The van der Waals surface area contributed by atoms with E-state index in [0.717, 1.165) is 25.2 Å². The predicted octanol–water partition coefficient (Wildman–Crippen LogP) is 5.15. The number of anilines is 1. The van der Waals surface area contributed by atoms with Crippen LogP contribution in [0.25, 0.3) is 0 Å². The van der Waals surface area contributed by atoms with Crippen molar-refractivity contribution >= 4 is 17.5 Å². The van der Waals surface area contributed by atoms with Crippen LogP contribution in [0, 0.1) is 17.5 Å². The van der Waals surface area contributed by atoms with Crippen molar-refractivity contribution in [3.05, 3.63) is 59.4 Å². The first kappa shape index (κ1) is 28.5. The molecule has 3 rings (SSSR count). The molecule has 2 aromatic carbocycles. The summed E-state index contributed by atoms with van der Waals surface area (Å²) in [5.74, 6) is -2.59. The smallest absolute Gasteiger partial charge is 0.226 e. The van der Waals surface area contributed by atoms with Gasteiger partial charge in [-0.25, -0.2) is 13.2 Å². The number of carbonyl (C=O) groups is 2. The minimum atomic E-state index is -1.04. The van der Waals surface area contributed by atoms with E-state index in [-0.39, 0.29) is 49.5 Å². The fraction of sp³-hybridized carbons (Fsp3) is 0.500. The van der Waals surface area contributed by atoms with E-state index in [1.165, 1.54) is 23.1 Å². The molecule has 0 N–H and O–H groups in total. The minimum absolute atomic E-state index is 0.0283. The van der Waals surface area contributed by atoms with Crippen LogP contribution in [-0.4, -0.2) is 60.4 Å². The van der Waals surface area contributed by atoms with E-state index in [1.54, 1.807) is 17.9 Å². The maximum absolute atomic E-state index is 14.3. The van der Waals surface area contributed by atoms with Gasteiger partial charge in [-0.1, -0.05) is 13.0 Å². The summed E-state index contributed by atoms with van der Waals surface area (Å²) >= 11 is 0. The topological polar surface area (TPSA) is 53.1 Å². The van der Waals surface area contributed by atoms with Crippen LogP contribution in [-0.2, 0) is 16.1 Å². The van der Waals surface area contributed by atoms with Crippen LogP contribution >= 0.6 is 0 Å². The molecule has 2 amide bonds. The zero-order chi connectivity index (χ0) is 26.9. The van der Waals surface area contributed by atoms with E-state index in [2.05, 4.69) is 18.7 Å². The number of fused-ring (bicyclic) bond motifs is 1. The average molecular weight is 520 g/mol. The Kier molecular flexibility index (Phi) is 10.4. The largest absolute Gasteiger partial charge is 0.493 e. The number of carbonyl (C=O) groups excluding carboxylic acids is 2. The summed E-state index contributed by atoms with van der Waals surface area (Å²) in [5, 5.41) is 0. The van der Waals surface area contributed by atoms with Crippen LogP contribution in [0.1, 0.15) is 52.0 Å². The van der Waals surface area contributed by atoms with Crippen molar-refractivity contribution < 1.29 is 27.5 Å². The number of ether oxygens (including phenoxy) is 1. The zero-order valence-corrected chi connectivity index (χ0v) is 21.8. The van der Waals surface area contributed by atoms with Crippen molar-refractivity contribution in [2.75, 3.05) is 37.7 Å². The van der Waals surface area contributed by atoms with Crippen molar-refractivity contribution in [1.82, 2.24) is 9.80 Å². The normalized spacial score (nSPS) is 15.6. The van der Waals surface area contributed by atoms with E-state index in [1.807, 2.05) is 0 Å². The molecule has 1 heterocycles. The Bertz CT molecular complexity index is 1080. The third kappa shape index (κ3) is 7.95. The van der Waals surface area contributed by atoms with Gasteiger partial charge in [0.1, 0.15) is 11.6 Å². The molecule has 0 fully saturated rings. The number of rotatable bonds is 6. The van der Waals surface area contributed by atoms with Crippen LogP contribution in [0.15, 0.2) is 36.4 Å². The number of halogens is 3. The number of hydrogen-bond donors (Lipinski definition) is 0. The predicted molar refractivity (Wildman–Crippen MR) is 137 cm³/mol. The van der Waals surface area contributed by atoms with Gasteiger partial charge < -0.3 is 19.4 Å². The highest BCUT2D eigenvalue weighted by atomic mass is 19.2. The Morgan fingerprint density at radius 1 is 0.946 bits per heavy atom. The van der Waals surface area contributed by atoms with Crippen molar-refractivity contribution in [3.63, 3.8) is 0 Å². The fourth-order valence-electron chi connectivity index (χ4n) is 4.52. The molecule has 6 nitrogen and oxygen atoms in total. The van der Waals surface area contributed by atoms with Gasteiger partial charge >= 0.3 is 0 Å². The molecule has 1 aliphatic heterocycles. The summed E-state index contributed by atoms with van der Waals surface area (Å²) in [7, 11) is 0. The molecule has 2 aromatic rings. The third-order valence-corrected chi connectivity index (χ3v) is 6.54. The lowest BCUT2D eigenvalue weighted by atomic mass is 10.1. The van der Waals surface area contributed by atoms with Crippen molar-refractivity contribution in [1.29, 1.82) is 0 Å². The quantitative estimate of drug-likeness (QED) is 0.530. The van der Waals surface area contributed by atoms with Gasteiger partial charge in [0, 0.05) is 57.3 Å². The lowest BCUT2D eigenvalue weighted by molar-refractivity contribution is -0.132. The molecule has 37 heavy (non-hydrogen) atoms. The molecule has 0 spiro atoms. The molecule has 0 saturated carbocycles. The first-order valence-electron chi connectivity index (χ1n) is 12.9. The highest BCUT2D eigenvalue weighted by molar-refractivity contribution is 5.94. The Balaban J connectivity index is 1.87. The molecular formula is C28H36F3N3O3. The molecule has 0 radical (unpaired) electrons. The minimum Gasteiger partial charge on any atom is -0.493 e. The summed E-state index contributed by atoms with van der Waals surface area (Å²) in [6, 6.07) is 8.10. The van der Waals surface area contributed by atoms with Crippen LogP contribution in [0.5, 0.6) is 5.75 Å². The fourth-order valence-corrected chi connectivity index (χ4v) is 4.52. The summed E-state index contributed by atoms with van der Waals surface area (Å²) in [6.07, 6.45) is 1.63. The number of benzene rings is 2. The standard InChI is InChI=1S/C28H36F3N3O3/c1-4-27(35)34-14-7-12-32(20(2)3)11-6-13-33(19-21-16-24(30)25(31)18-26(21)34)28(36)10-15-37-23-9-5-8-22(29)17-23/h5,8-9,16-18,20H,4,6-7,10-15,19H2,1-3H3. The van der Waals surface area contributed by atoms with Crippen LogP contribution in [0.4, 0.5) is 18.9 Å². The van der Waals surface area contributed by atoms with E-state index in [4.69, 9.17) is 4.74 Å². The molecular weight excluding hydrogens is 483 g/mol. The molecule has 0 bridgehead atoms. The summed E-state index contributed by atoms with van der Waals surface area (Å²) in [4.78, 5) is 31.5. The van der Waals surface area contributed by atoms with Crippen molar-refractivity contribution in [3.8, 4) is 5.75 Å². The second-order valence-electron chi connectivity index (χ2n) is 9.50. The van der Waals surface area contributed by atoms with E-state index in [0.29, 0.717) is 37.2 Å². The maximum atomic E-state index is 14.3. The third-order valence-electron chi connectivity index (χ3n) is 6.54. The lowest BCUT2D eigenvalue weighted by Crippen LogP contribution is -2.40. The molecule has 202 valence electrons. The maximum Gasteiger partial charge on any atom is 0.226 e. The highest BCUT2D eigenvalue weighted by Gasteiger charge is 2.24. The molecule has 0 atom stereocenters. The Morgan fingerprint density at radius 3 is 2.32 bits per heavy atom. The second kappa shape index (κ2) is 13.5. The van der Waals surface area contributed by atoms with Crippen LogP contribution in [0.2, 0.25) is 0 Å². The van der Waals surface area contributed by atoms with Gasteiger partial charge in [-0.05, 0) is 50.5 Å². The molecule has 9 heteroatoms. The molecule has 1 aliphatic rings. The number of hydrogen-bond acceptors (Lipinski definition) is 4. The molecule has 0 aromatic heterocycles. The molecule has 0 aliphatic carbocycles. The summed E-state index contributed by atoms with van der Waals surface area (Å²) in [6.45, 7) is 8.26. The Labute approximate surface area is 217 Å². The SMILES string of the molecule is CCC(=O)N1CCCN(C(C)C)CCCN(C(=O)CCOc2cccc(F)c2)Cc2cc(F)c(F)cc21. The summed E-state index contributed by atoms with van der Waals surface area (Å²) in [5.41, 5.74) is 0.664. The van der Waals surface area contributed by atoms with Gasteiger partial charge in [-0.15, -0.1) is 0 Å². The van der Waals surface area contributed by atoms with Gasteiger partial charge in [0.2, 0.25) is 11.8 Å². The Morgan fingerprint density at radius 2 is 1.65 bits per heavy atom. The van der Waals surface area contributed by atoms with Gasteiger partial charge in [-0.3, -0.25) is 9.59 Å². The highest BCUT2D eigenvalue weighted by Crippen LogP contribution is 2.27. The average Bonchev–Trinajstić information content (AvgIpc) is 2.85. The van der Waals surface area contributed by atoms with Crippen molar-refractivity contribution in [2.24, 2.45) is 0 Å². The molecule has 0 unspecified atom stereocenters. The van der Waals surface area contributed by atoms with Crippen LogP contribution < -0.4 is 9.64 Å². The molecule has 0 saturated heterocycles. The number of amides is 2. The van der Waals surface area contributed by atoms with Gasteiger partial charge in [-0.2, -0.15) is 0 Å². The van der Waals surface area contributed by atoms with Crippen molar-refractivity contribution in [2.45, 2.75) is 59.0 Å². The zero-order valence-electron chi connectivity index (χ0n) is 21.8. The number of nitrogens with zero attached hydrogens (tertiary/aromatic N) is 3. The van der Waals surface area contributed by atoms with Gasteiger partial charge in [0.15, 0.2) is 11.6 Å². The van der Waals surface area contributed by atoms with Gasteiger partial charge in [0.25, 0.3) is 0 Å². The first-order valence-corrected chi connectivity index (χ1v) is 12.9. The van der Waals surface area contributed by atoms with E-state index in [9.17, 15) is 22.8 Å². The summed E-state index contributed by atoms with van der Waals surface area (Å²) < 4.78 is 47.6. The first-order chi connectivity index (χ1) is 17.7. The second-order valence-corrected chi connectivity index (χ2v) is 9.50. The van der Waals surface area contributed by atoms with Gasteiger partial charge in [0.05, 0.1) is 18.7 Å². The lowest BCUT2D eigenvalue weighted by Gasteiger charge is -2.33.